The van der Waals surface area contributed by atoms with Crippen molar-refractivity contribution < 1.29 is 9.72 Å². The number of nitro groups is 1. The van der Waals surface area contributed by atoms with Crippen LogP contribution in [0.5, 0.6) is 0 Å². The highest BCUT2D eigenvalue weighted by Gasteiger charge is 2.24. The molecule has 0 aromatic heterocycles. The number of aryl methyl sites for hydroxylation is 1. The third-order valence-corrected chi connectivity index (χ3v) is 3.39. The van der Waals surface area contributed by atoms with Crippen molar-refractivity contribution in [2.24, 2.45) is 0 Å². The number of carbonyl (C=O) groups excluding carboxylic acids is 1. The predicted octanol–water partition coefficient (Wildman–Crippen LogP) is 3.38. The maximum Gasteiger partial charge on any atom is 0.285 e. The van der Waals surface area contributed by atoms with Gasteiger partial charge in [-0.3, -0.25) is 14.9 Å². The van der Waals surface area contributed by atoms with Crippen molar-refractivity contribution in [1.29, 1.82) is 0 Å². The van der Waals surface area contributed by atoms with Crippen molar-refractivity contribution >= 4 is 23.2 Å². The lowest BCUT2D eigenvalue weighted by Crippen LogP contribution is -2.28. The first-order valence-electron chi connectivity index (χ1n) is 6.54. The van der Waals surface area contributed by atoms with Crippen molar-refractivity contribution in [3.63, 3.8) is 0 Å². The summed E-state index contributed by atoms with van der Waals surface area (Å²) >= 11 is 5.59. The van der Waals surface area contributed by atoms with E-state index in [9.17, 15) is 14.9 Å². The lowest BCUT2D eigenvalue weighted by atomic mass is 10.1. The summed E-state index contributed by atoms with van der Waals surface area (Å²) in [6.07, 6.45) is 2.69. The number of unbranched alkanes of at least 4 members (excludes halogenated alkanes) is 2. The fourth-order valence-electron chi connectivity index (χ4n) is 2.00. The number of nitrogens with zero attached hydrogens (tertiary/aromatic N) is 2. The number of halogens is 1. The van der Waals surface area contributed by atoms with E-state index in [1.54, 1.807) is 26.1 Å². The molecule has 20 heavy (non-hydrogen) atoms. The molecular formula is C14H19ClN2O3. The van der Waals surface area contributed by atoms with E-state index in [0.717, 1.165) is 19.3 Å². The Morgan fingerprint density at radius 3 is 2.65 bits per heavy atom. The molecular weight excluding hydrogens is 280 g/mol. The SMILES string of the molecule is Cc1cccc(C(=O)N(C)CCCCCCl)c1[N+](=O)[O-]. The van der Waals surface area contributed by atoms with E-state index in [0.29, 0.717) is 18.0 Å². The summed E-state index contributed by atoms with van der Waals surface area (Å²) in [5.41, 5.74) is 0.538. The highest BCUT2D eigenvalue weighted by molar-refractivity contribution is 6.17. The Balaban J connectivity index is 2.81. The molecule has 0 aliphatic heterocycles. The van der Waals surface area contributed by atoms with Gasteiger partial charge in [0.1, 0.15) is 5.56 Å². The molecule has 6 heteroatoms. The summed E-state index contributed by atoms with van der Waals surface area (Å²) in [7, 11) is 1.66. The van der Waals surface area contributed by atoms with Crippen LogP contribution in [0, 0.1) is 17.0 Å². The number of hydrogen-bond donors (Lipinski definition) is 0. The van der Waals surface area contributed by atoms with Crippen LogP contribution in [0.4, 0.5) is 5.69 Å². The highest BCUT2D eigenvalue weighted by atomic mass is 35.5. The van der Waals surface area contributed by atoms with Crippen LogP contribution >= 0.6 is 11.6 Å². The maximum atomic E-state index is 12.3. The monoisotopic (exact) mass is 298 g/mol. The van der Waals surface area contributed by atoms with Crippen LogP contribution in [0.15, 0.2) is 18.2 Å². The molecule has 0 unspecified atom stereocenters. The molecule has 1 aromatic rings. The number of alkyl halides is 1. The van der Waals surface area contributed by atoms with Crippen molar-refractivity contribution in [3.05, 3.63) is 39.4 Å². The molecule has 1 rings (SSSR count). The van der Waals surface area contributed by atoms with Crippen LogP contribution in [0.1, 0.15) is 35.2 Å². The Morgan fingerprint density at radius 1 is 1.35 bits per heavy atom. The van der Waals surface area contributed by atoms with Crippen molar-refractivity contribution in [2.45, 2.75) is 26.2 Å². The van der Waals surface area contributed by atoms with E-state index >= 15 is 0 Å². The standard InChI is InChI=1S/C14H19ClN2O3/c1-11-7-6-8-12(13(11)17(19)20)14(18)16(2)10-5-3-4-9-15/h6-8H,3-5,9-10H2,1-2H3. The van der Waals surface area contributed by atoms with Crippen LogP contribution in [0.2, 0.25) is 0 Å². The Kier molecular flexibility index (Phi) is 6.45. The fourth-order valence-corrected chi connectivity index (χ4v) is 2.19. The first-order chi connectivity index (χ1) is 9.49. The third kappa shape index (κ3) is 4.20. The number of amides is 1. The molecule has 0 aliphatic rings. The molecule has 1 aromatic carbocycles. The molecule has 0 heterocycles. The molecule has 0 atom stereocenters. The first-order valence-corrected chi connectivity index (χ1v) is 7.08. The summed E-state index contributed by atoms with van der Waals surface area (Å²) in [6, 6.07) is 4.80. The summed E-state index contributed by atoms with van der Waals surface area (Å²) in [4.78, 5) is 24.4. The first kappa shape index (κ1) is 16.4. The van der Waals surface area contributed by atoms with Gasteiger partial charge < -0.3 is 4.90 Å². The summed E-state index contributed by atoms with van der Waals surface area (Å²) < 4.78 is 0. The van der Waals surface area contributed by atoms with Gasteiger partial charge in [-0.05, 0) is 25.8 Å². The number of nitro benzene ring substituents is 1. The van der Waals surface area contributed by atoms with Crippen molar-refractivity contribution in [1.82, 2.24) is 4.90 Å². The van der Waals surface area contributed by atoms with Crippen LogP contribution in [-0.2, 0) is 0 Å². The largest absolute Gasteiger partial charge is 0.341 e. The van der Waals surface area contributed by atoms with Gasteiger partial charge in [0.05, 0.1) is 4.92 Å². The van der Waals surface area contributed by atoms with Crippen LogP contribution in [0.3, 0.4) is 0 Å². The Labute approximate surface area is 123 Å². The quantitative estimate of drug-likeness (QED) is 0.335. The number of hydrogen-bond acceptors (Lipinski definition) is 3. The van der Waals surface area contributed by atoms with Gasteiger partial charge in [-0.15, -0.1) is 11.6 Å². The second-order valence-corrected chi connectivity index (χ2v) is 5.08. The molecule has 0 N–H and O–H groups in total. The van der Waals surface area contributed by atoms with Gasteiger partial charge in [0.2, 0.25) is 0 Å². The molecule has 5 nitrogen and oxygen atoms in total. The van der Waals surface area contributed by atoms with Crippen LogP contribution in [-0.4, -0.2) is 35.2 Å². The molecule has 0 fully saturated rings. The average molecular weight is 299 g/mol. The van der Waals surface area contributed by atoms with Crippen molar-refractivity contribution in [2.75, 3.05) is 19.5 Å². The number of para-hydroxylation sites is 1. The summed E-state index contributed by atoms with van der Waals surface area (Å²) in [5.74, 6) is 0.298. The van der Waals surface area contributed by atoms with E-state index in [-0.39, 0.29) is 17.2 Å². The average Bonchev–Trinajstić information content (AvgIpc) is 2.41. The minimum absolute atomic E-state index is 0.106. The predicted molar refractivity (Wildman–Crippen MR) is 79.4 cm³/mol. The van der Waals surface area contributed by atoms with Gasteiger partial charge in [0, 0.05) is 25.0 Å². The number of benzene rings is 1. The van der Waals surface area contributed by atoms with E-state index < -0.39 is 4.92 Å². The summed E-state index contributed by atoms with van der Waals surface area (Å²) in [5, 5.41) is 11.1. The number of rotatable bonds is 7. The topological polar surface area (TPSA) is 63.5 Å². The Hall–Kier alpha value is -1.62. The second kappa shape index (κ2) is 7.85. The Bertz CT molecular complexity index is 491. The molecule has 0 saturated carbocycles. The fraction of sp³-hybridized carbons (Fsp3) is 0.500. The van der Waals surface area contributed by atoms with Gasteiger partial charge >= 0.3 is 0 Å². The van der Waals surface area contributed by atoms with Gasteiger partial charge in [-0.2, -0.15) is 0 Å². The van der Waals surface area contributed by atoms with E-state index in [1.165, 1.54) is 11.0 Å². The van der Waals surface area contributed by atoms with Crippen LogP contribution in [0.25, 0.3) is 0 Å². The van der Waals surface area contributed by atoms with Gasteiger partial charge in [-0.25, -0.2) is 0 Å². The molecule has 0 saturated heterocycles. The normalized spacial score (nSPS) is 10.3. The highest BCUT2D eigenvalue weighted by Crippen LogP contribution is 2.24. The minimum atomic E-state index is -0.496. The smallest absolute Gasteiger partial charge is 0.285 e. The van der Waals surface area contributed by atoms with Crippen LogP contribution < -0.4 is 0 Å². The molecule has 0 aliphatic carbocycles. The van der Waals surface area contributed by atoms with Crippen molar-refractivity contribution in [3.8, 4) is 0 Å². The molecule has 0 bridgehead atoms. The number of carbonyl (C=O) groups is 1. The van der Waals surface area contributed by atoms with Gasteiger partial charge in [-0.1, -0.05) is 18.6 Å². The zero-order valence-electron chi connectivity index (χ0n) is 11.8. The summed E-state index contributed by atoms with van der Waals surface area (Å²) in [6.45, 7) is 2.20. The van der Waals surface area contributed by atoms with E-state index in [2.05, 4.69) is 0 Å². The zero-order valence-corrected chi connectivity index (χ0v) is 12.5. The molecule has 110 valence electrons. The lowest BCUT2D eigenvalue weighted by Gasteiger charge is -2.17. The van der Waals surface area contributed by atoms with Gasteiger partial charge in [0.15, 0.2) is 0 Å². The lowest BCUT2D eigenvalue weighted by molar-refractivity contribution is -0.385. The minimum Gasteiger partial charge on any atom is -0.341 e. The molecule has 1 amide bonds. The molecule has 0 radical (unpaired) electrons. The van der Waals surface area contributed by atoms with E-state index in [4.69, 9.17) is 11.6 Å². The zero-order chi connectivity index (χ0) is 15.1. The molecule has 0 spiro atoms. The second-order valence-electron chi connectivity index (χ2n) is 4.70. The Morgan fingerprint density at radius 2 is 2.05 bits per heavy atom. The maximum absolute atomic E-state index is 12.3. The van der Waals surface area contributed by atoms with E-state index in [1.807, 2.05) is 0 Å². The van der Waals surface area contributed by atoms with Gasteiger partial charge in [0.25, 0.3) is 11.6 Å². The third-order valence-electron chi connectivity index (χ3n) is 3.12.